The van der Waals surface area contributed by atoms with E-state index < -0.39 is 20.0 Å². The van der Waals surface area contributed by atoms with E-state index in [0.29, 0.717) is 23.9 Å². The van der Waals surface area contributed by atoms with Crippen molar-refractivity contribution >= 4 is 13.7 Å². The molecule has 10 heteroatoms. The molecule has 0 aromatic rings. The summed E-state index contributed by atoms with van der Waals surface area (Å²) in [5.41, 5.74) is 0. The molecule has 4 atom stereocenters. The van der Waals surface area contributed by atoms with E-state index in [2.05, 4.69) is 55.6 Å². The van der Waals surface area contributed by atoms with Gasteiger partial charge >= 0.3 is 7.82 Å². The van der Waals surface area contributed by atoms with E-state index in [-0.39, 0.29) is 31.6 Å². The number of aliphatic hydroxyl groups is 2. The number of nitrogens with zero attached hydrogens (tertiary/aromatic N) is 1. The number of allylic oxidation sites excluding steroid dienone is 7. The summed E-state index contributed by atoms with van der Waals surface area (Å²) in [6.45, 7) is 4.66. The Balaban J connectivity index is 4.55. The molecule has 0 radical (unpaired) electrons. The monoisotopic (exact) mass is 770 g/mol. The SMILES string of the molecule is CCCCCCCCCCCCCCC[C@@H](O)[C@H](COP(=O)(O)OCC[N+](C)(C)C)NC(=O)CCC/C=C\C/C=C\C/C=C\C/C=C\[C@H](O)CCCC. The molecule has 310 valence electrons. The van der Waals surface area contributed by atoms with Crippen LogP contribution in [0.1, 0.15) is 162 Å². The molecule has 0 spiro atoms. The van der Waals surface area contributed by atoms with Crippen LogP contribution < -0.4 is 5.32 Å². The van der Waals surface area contributed by atoms with Gasteiger partial charge in [0.25, 0.3) is 0 Å². The second kappa shape index (κ2) is 34.9. The number of phosphoric acid groups is 1. The maximum atomic E-state index is 12.8. The molecule has 0 fully saturated rings. The van der Waals surface area contributed by atoms with Gasteiger partial charge in [-0.3, -0.25) is 13.8 Å². The lowest BCUT2D eigenvalue weighted by Gasteiger charge is -2.26. The molecular formula is C43H82N2O7P+. The van der Waals surface area contributed by atoms with Gasteiger partial charge in [0, 0.05) is 6.42 Å². The number of carbonyl (C=O) groups excluding carboxylic acids is 1. The molecule has 0 aliphatic heterocycles. The standard InChI is InChI=1S/C43H81N2O7P/c1-6-8-10-11-12-13-14-15-19-22-25-28-31-35-42(47)41(39-52-53(49,50)51-38-37-45(3,4)5)44-43(48)36-32-29-26-23-20-17-16-18-21-24-27-30-34-40(46)33-9-7-2/h16-17,21,23-24,26,30,34,40-42,46-47H,6-15,18-20,22,25,27-29,31-33,35-39H2,1-5H3,(H-,44,48,49,50)/p+1/b17-16-,24-21-,26-23-,34-30-/t40-,41+,42-/m1/s1. The second-order valence-electron chi connectivity index (χ2n) is 15.5. The van der Waals surface area contributed by atoms with Crippen LogP contribution >= 0.6 is 7.82 Å². The number of hydrogen-bond acceptors (Lipinski definition) is 6. The Morgan fingerprint density at radius 2 is 1.19 bits per heavy atom. The van der Waals surface area contributed by atoms with Crippen LogP contribution in [0.5, 0.6) is 0 Å². The summed E-state index contributed by atoms with van der Waals surface area (Å²) < 4.78 is 23.5. The Hall–Kier alpha value is -1.58. The third kappa shape index (κ3) is 37.1. The molecule has 0 saturated heterocycles. The minimum absolute atomic E-state index is 0.0553. The smallest absolute Gasteiger partial charge is 0.391 e. The number of quaternary nitrogens is 1. The van der Waals surface area contributed by atoms with Gasteiger partial charge in [-0.15, -0.1) is 0 Å². The van der Waals surface area contributed by atoms with Crippen LogP contribution in [0.2, 0.25) is 0 Å². The van der Waals surface area contributed by atoms with Gasteiger partial charge in [0.1, 0.15) is 13.2 Å². The summed E-state index contributed by atoms with van der Waals surface area (Å²) in [5.74, 6) is -0.216. The van der Waals surface area contributed by atoms with Gasteiger partial charge in [-0.1, -0.05) is 159 Å². The van der Waals surface area contributed by atoms with Crippen molar-refractivity contribution in [3.63, 3.8) is 0 Å². The Morgan fingerprint density at radius 1 is 0.679 bits per heavy atom. The zero-order valence-electron chi connectivity index (χ0n) is 34.6. The van der Waals surface area contributed by atoms with Gasteiger partial charge in [0.15, 0.2) is 0 Å². The molecule has 0 aromatic heterocycles. The molecule has 4 N–H and O–H groups in total. The van der Waals surface area contributed by atoms with Crippen molar-refractivity contribution in [3.05, 3.63) is 48.6 Å². The highest BCUT2D eigenvalue weighted by molar-refractivity contribution is 7.47. The average Bonchev–Trinajstić information content (AvgIpc) is 3.10. The Morgan fingerprint density at radius 3 is 1.74 bits per heavy atom. The van der Waals surface area contributed by atoms with Gasteiger partial charge in [-0.2, -0.15) is 0 Å². The van der Waals surface area contributed by atoms with Crippen LogP contribution in [0.3, 0.4) is 0 Å². The Kier molecular flexibility index (Phi) is 33.8. The first-order valence-corrected chi connectivity index (χ1v) is 22.6. The number of carbonyl (C=O) groups is 1. The molecule has 0 aliphatic rings. The van der Waals surface area contributed by atoms with E-state index in [1.165, 1.54) is 64.2 Å². The minimum Gasteiger partial charge on any atom is -0.391 e. The Labute approximate surface area is 325 Å². The van der Waals surface area contributed by atoms with Crippen molar-refractivity contribution in [2.24, 2.45) is 0 Å². The first-order valence-electron chi connectivity index (χ1n) is 21.1. The number of nitrogens with one attached hydrogen (secondary N) is 1. The van der Waals surface area contributed by atoms with Gasteiger partial charge in [-0.25, -0.2) is 4.57 Å². The molecule has 1 amide bonds. The molecule has 53 heavy (non-hydrogen) atoms. The fourth-order valence-electron chi connectivity index (χ4n) is 5.70. The minimum atomic E-state index is -4.34. The lowest BCUT2D eigenvalue weighted by molar-refractivity contribution is -0.870. The van der Waals surface area contributed by atoms with E-state index in [1.807, 2.05) is 33.3 Å². The van der Waals surface area contributed by atoms with Gasteiger partial charge in [0.2, 0.25) is 5.91 Å². The van der Waals surface area contributed by atoms with E-state index in [9.17, 15) is 24.5 Å². The fourth-order valence-corrected chi connectivity index (χ4v) is 6.44. The summed E-state index contributed by atoms with van der Waals surface area (Å²) in [6.07, 6.45) is 39.0. The predicted octanol–water partition coefficient (Wildman–Crippen LogP) is 10.3. The molecular weight excluding hydrogens is 687 g/mol. The third-order valence-electron chi connectivity index (χ3n) is 9.15. The quantitative estimate of drug-likeness (QED) is 0.0215. The average molecular weight is 770 g/mol. The summed E-state index contributed by atoms with van der Waals surface area (Å²) in [4.78, 5) is 23.1. The zero-order valence-corrected chi connectivity index (χ0v) is 35.5. The number of phosphoric ester groups is 1. The second-order valence-corrected chi connectivity index (χ2v) is 17.0. The van der Waals surface area contributed by atoms with Gasteiger partial charge < -0.3 is 24.9 Å². The van der Waals surface area contributed by atoms with Crippen LogP contribution in [0, 0.1) is 0 Å². The van der Waals surface area contributed by atoms with Gasteiger partial charge in [-0.05, 0) is 44.9 Å². The molecule has 0 aromatic carbocycles. The van der Waals surface area contributed by atoms with Crippen LogP contribution in [0.25, 0.3) is 0 Å². The van der Waals surface area contributed by atoms with Crippen LogP contribution in [0.4, 0.5) is 0 Å². The van der Waals surface area contributed by atoms with Crippen molar-refractivity contribution in [2.75, 3.05) is 40.9 Å². The summed E-state index contributed by atoms with van der Waals surface area (Å²) in [7, 11) is 1.55. The first kappa shape index (κ1) is 51.4. The molecule has 1 unspecified atom stereocenters. The number of amides is 1. The number of likely N-dealkylation sites (N-methyl/N-ethyl adjacent to an activating group) is 1. The molecule has 0 heterocycles. The Bertz CT molecular complexity index is 1020. The normalized spacial score (nSPS) is 15.5. The van der Waals surface area contributed by atoms with Crippen LogP contribution in [-0.2, 0) is 18.4 Å². The summed E-state index contributed by atoms with van der Waals surface area (Å²) in [6, 6.07) is -0.801. The predicted molar refractivity (Wildman–Crippen MR) is 223 cm³/mol. The van der Waals surface area contributed by atoms with Crippen molar-refractivity contribution < 1.29 is 38.0 Å². The van der Waals surface area contributed by atoms with Crippen molar-refractivity contribution in [1.29, 1.82) is 0 Å². The largest absolute Gasteiger partial charge is 0.472 e. The summed E-state index contributed by atoms with van der Waals surface area (Å²) >= 11 is 0. The number of hydrogen-bond donors (Lipinski definition) is 4. The van der Waals surface area contributed by atoms with E-state index in [0.717, 1.165) is 64.2 Å². The zero-order chi connectivity index (χ0) is 39.5. The van der Waals surface area contributed by atoms with Crippen LogP contribution in [0.15, 0.2) is 48.6 Å². The maximum Gasteiger partial charge on any atom is 0.472 e. The molecule has 0 rings (SSSR count). The fraction of sp³-hybridized carbons (Fsp3) is 0.791. The highest BCUT2D eigenvalue weighted by atomic mass is 31.2. The van der Waals surface area contributed by atoms with E-state index in [4.69, 9.17) is 9.05 Å². The lowest BCUT2D eigenvalue weighted by atomic mass is 10.0. The van der Waals surface area contributed by atoms with E-state index in [1.54, 1.807) is 0 Å². The first-order chi connectivity index (χ1) is 25.4. The molecule has 0 saturated carbocycles. The topological polar surface area (TPSA) is 125 Å². The highest BCUT2D eigenvalue weighted by Gasteiger charge is 2.28. The van der Waals surface area contributed by atoms with Crippen molar-refractivity contribution in [1.82, 2.24) is 5.32 Å². The number of unbranched alkanes of at least 4 members (excludes halogenated alkanes) is 14. The van der Waals surface area contributed by atoms with Gasteiger partial charge in [0.05, 0.1) is 46.0 Å². The molecule has 0 bridgehead atoms. The maximum absolute atomic E-state index is 12.8. The third-order valence-corrected chi connectivity index (χ3v) is 10.1. The molecule has 0 aliphatic carbocycles. The van der Waals surface area contributed by atoms with E-state index >= 15 is 0 Å². The molecule has 9 nitrogen and oxygen atoms in total. The van der Waals surface area contributed by atoms with Crippen LogP contribution in [-0.4, -0.2) is 84.6 Å². The van der Waals surface area contributed by atoms with Crippen molar-refractivity contribution in [3.8, 4) is 0 Å². The highest BCUT2D eigenvalue weighted by Crippen LogP contribution is 2.43. The lowest BCUT2D eigenvalue weighted by Crippen LogP contribution is -2.46. The number of rotatable bonds is 37. The van der Waals surface area contributed by atoms with Crippen molar-refractivity contribution in [2.45, 2.75) is 180 Å². The summed E-state index contributed by atoms with van der Waals surface area (Å²) in [5, 5.41) is 23.7. The number of aliphatic hydroxyl groups excluding tert-OH is 2.